The van der Waals surface area contributed by atoms with E-state index < -0.39 is 18.2 Å². The van der Waals surface area contributed by atoms with Gasteiger partial charge in [0.15, 0.2) is 0 Å². The zero-order valence-corrected chi connectivity index (χ0v) is 12.2. The van der Waals surface area contributed by atoms with E-state index in [4.69, 9.17) is 9.47 Å². The fourth-order valence-electron chi connectivity index (χ4n) is 1.29. The van der Waals surface area contributed by atoms with Crippen molar-refractivity contribution >= 4 is 12.1 Å². The summed E-state index contributed by atoms with van der Waals surface area (Å²) in [6.45, 7) is 9.69. The number of carbonyl (C=O) groups is 2. The summed E-state index contributed by atoms with van der Waals surface area (Å²) in [6.07, 6.45) is 2.82. The molecule has 0 aromatic carbocycles. The zero-order chi connectivity index (χ0) is 14.7. The van der Waals surface area contributed by atoms with Gasteiger partial charge in [-0.3, -0.25) is 0 Å². The number of rotatable bonds is 9. The number of alkyl carbamates (subject to hydrolysis) is 1. The molecule has 1 N–H and O–H groups in total. The van der Waals surface area contributed by atoms with Crippen LogP contribution in [0.25, 0.3) is 0 Å². The molecule has 0 aliphatic rings. The number of ether oxygens (including phenoxy) is 2. The summed E-state index contributed by atoms with van der Waals surface area (Å²) in [7, 11) is 0. The minimum absolute atomic E-state index is 0.0601. The van der Waals surface area contributed by atoms with E-state index in [1.54, 1.807) is 6.92 Å². The number of amides is 1. The van der Waals surface area contributed by atoms with Gasteiger partial charge in [0.1, 0.15) is 12.7 Å². The van der Waals surface area contributed by atoms with Gasteiger partial charge in [0.05, 0.1) is 0 Å². The third-order valence-corrected chi connectivity index (χ3v) is 2.53. The van der Waals surface area contributed by atoms with Gasteiger partial charge in [-0.25, -0.2) is 9.59 Å². The van der Waals surface area contributed by atoms with E-state index >= 15 is 0 Å². The first kappa shape index (κ1) is 17.5. The van der Waals surface area contributed by atoms with E-state index in [1.807, 2.05) is 6.92 Å². The predicted octanol–water partition coefficient (Wildman–Crippen LogP) is 2.80. The Hall–Kier alpha value is -1.52. The van der Waals surface area contributed by atoms with Crippen LogP contribution >= 0.6 is 0 Å². The second-order valence-electron chi connectivity index (χ2n) is 4.45. The van der Waals surface area contributed by atoms with Gasteiger partial charge in [-0.1, -0.05) is 33.3 Å². The average Bonchev–Trinajstić information content (AvgIpc) is 2.38. The molecular formula is C14H25NO4. The summed E-state index contributed by atoms with van der Waals surface area (Å²) in [5, 5.41) is 2.67. The van der Waals surface area contributed by atoms with E-state index in [2.05, 4.69) is 18.8 Å². The number of esters is 1. The normalized spacial score (nSPS) is 11.5. The lowest BCUT2D eigenvalue weighted by atomic mass is 10.2. The van der Waals surface area contributed by atoms with Crippen molar-refractivity contribution in [3.05, 3.63) is 12.2 Å². The number of hydrogen-bond donors (Lipinski definition) is 1. The molecule has 110 valence electrons. The monoisotopic (exact) mass is 271 g/mol. The van der Waals surface area contributed by atoms with Crippen LogP contribution in [0.15, 0.2) is 12.2 Å². The van der Waals surface area contributed by atoms with Crippen LogP contribution in [0.3, 0.4) is 0 Å². The SMILES string of the molecule is C=C(C)C(=O)OCC(CC)OC(=O)NCCCCC. The van der Waals surface area contributed by atoms with Crippen LogP contribution in [-0.4, -0.2) is 31.3 Å². The van der Waals surface area contributed by atoms with Gasteiger partial charge in [-0.2, -0.15) is 0 Å². The van der Waals surface area contributed by atoms with E-state index in [0.717, 1.165) is 19.3 Å². The van der Waals surface area contributed by atoms with Gasteiger partial charge in [-0.15, -0.1) is 0 Å². The summed E-state index contributed by atoms with van der Waals surface area (Å²) in [5.74, 6) is -0.467. The zero-order valence-electron chi connectivity index (χ0n) is 12.2. The minimum Gasteiger partial charge on any atom is -0.458 e. The summed E-state index contributed by atoms with van der Waals surface area (Å²) < 4.78 is 10.1. The number of hydrogen-bond acceptors (Lipinski definition) is 4. The molecule has 0 radical (unpaired) electrons. The lowest BCUT2D eigenvalue weighted by Gasteiger charge is -2.16. The first-order valence-electron chi connectivity index (χ1n) is 6.78. The Morgan fingerprint density at radius 1 is 1.26 bits per heavy atom. The molecule has 1 unspecified atom stereocenters. The molecular weight excluding hydrogens is 246 g/mol. The van der Waals surface area contributed by atoms with Crippen molar-refractivity contribution in [3.63, 3.8) is 0 Å². The Morgan fingerprint density at radius 3 is 2.47 bits per heavy atom. The second kappa shape index (κ2) is 10.4. The van der Waals surface area contributed by atoms with Gasteiger partial charge in [0.25, 0.3) is 0 Å². The smallest absolute Gasteiger partial charge is 0.407 e. The highest BCUT2D eigenvalue weighted by Gasteiger charge is 2.14. The van der Waals surface area contributed by atoms with E-state index in [-0.39, 0.29) is 6.61 Å². The predicted molar refractivity (Wildman–Crippen MR) is 73.9 cm³/mol. The average molecular weight is 271 g/mol. The van der Waals surface area contributed by atoms with E-state index in [1.165, 1.54) is 0 Å². The number of carbonyl (C=O) groups excluding carboxylic acids is 2. The van der Waals surface area contributed by atoms with E-state index in [0.29, 0.717) is 18.5 Å². The topological polar surface area (TPSA) is 64.6 Å². The van der Waals surface area contributed by atoms with E-state index in [9.17, 15) is 9.59 Å². The molecule has 0 heterocycles. The Kier molecular flexibility index (Phi) is 9.57. The molecule has 19 heavy (non-hydrogen) atoms. The van der Waals surface area contributed by atoms with Gasteiger partial charge < -0.3 is 14.8 Å². The van der Waals surface area contributed by atoms with Crippen molar-refractivity contribution in [1.82, 2.24) is 5.32 Å². The first-order chi connectivity index (χ1) is 9.01. The fraction of sp³-hybridized carbons (Fsp3) is 0.714. The molecule has 0 aromatic rings. The number of unbranched alkanes of at least 4 members (excludes halogenated alkanes) is 2. The molecule has 0 saturated heterocycles. The molecule has 5 nitrogen and oxygen atoms in total. The Bertz CT molecular complexity index is 302. The first-order valence-corrected chi connectivity index (χ1v) is 6.78. The second-order valence-corrected chi connectivity index (χ2v) is 4.45. The van der Waals surface area contributed by atoms with Crippen molar-refractivity contribution in [2.75, 3.05) is 13.2 Å². The minimum atomic E-state index is -0.467. The van der Waals surface area contributed by atoms with Crippen LogP contribution < -0.4 is 5.32 Å². The summed E-state index contributed by atoms with van der Waals surface area (Å²) >= 11 is 0. The van der Waals surface area contributed by atoms with Crippen molar-refractivity contribution in [1.29, 1.82) is 0 Å². The van der Waals surface area contributed by atoms with Crippen LogP contribution in [0.1, 0.15) is 46.5 Å². The quantitative estimate of drug-likeness (QED) is 0.398. The molecule has 0 aromatic heterocycles. The van der Waals surface area contributed by atoms with Crippen LogP contribution in [0.4, 0.5) is 4.79 Å². The van der Waals surface area contributed by atoms with Gasteiger partial charge in [0.2, 0.25) is 0 Å². The summed E-state index contributed by atoms with van der Waals surface area (Å²) in [6, 6.07) is 0. The van der Waals surface area contributed by atoms with Crippen LogP contribution in [0, 0.1) is 0 Å². The highest BCUT2D eigenvalue weighted by Crippen LogP contribution is 2.02. The van der Waals surface area contributed by atoms with Crippen molar-refractivity contribution in [2.45, 2.75) is 52.6 Å². The molecule has 5 heteroatoms. The van der Waals surface area contributed by atoms with Crippen molar-refractivity contribution in [2.24, 2.45) is 0 Å². The summed E-state index contributed by atoms with van der Waals surface area (Å²) in [4.78, 5) is 22.7. The molecule has 0 saturated carbocycles. The Balaban J connectivity index is 3.87. The molecule has 0 aliphatic carbocycles. The summed E-state index contributed by atoms with van der Waals surface area (Å²) in [5.41, 5.74) is 0.332. The molecule has 0 rings (SSSR count). The van der Waals surface area contributed by atoms with Crippen molar-refractivity contribution in [3.8, 4) is 0 Å². The lowest BCUT2D eigenvalue weighted by Crippen LogP contribution is -2.32. The number of nitrogens with one attached hydrogen (secondary N) is 1. The van der Waals surface area contributed by atoms with Crippen LogP contribution in [0.5, 0.6) is 0 Å². The third kappa shape index (κ3) is 9.11. The maximum atomic E-state index is 11.5. The third-order valence-electron chi connectivity index (χ3n) is 2.53. The highest BCUT2D eigenvalue weighted by atomic mass is 16.6. The molecule has 1 atom stereocenters. The van der Waals surface area contributed by atoms with Gasteiger partial charge in [0, 0.05) is 12.1 Å². The fourth-order valence-corrected chi connectivity index (χ4v) is 1.29. The molecule has 0 spiro atoms. The molecule has 0 bridgehead atoms. The maximum Gasteiger partial charge on any atom is 0.407 e. The van der Waals surface area contributed by atoms with Crippen LogP contribution in [-0.2, 0) is 14.3 Å². The maximum absolute atomic E-state index is 11.5. The van der Waals surface area contributed by atoms with Gasteiger partial charge in [-0.05, 0) is 19.8 Å². The Labute approximate surface area is 115 Å². The molecule has 0 fully saturated rings. The Morgan fingerprint density at radius 2 is 1.95 bits per heavy atom. The van der Waals surface area contributed by atoms with Crippen molar-refractivity contribution < 1.29 is 19.1 Å². The highest BCUT2D eigenvalue weighted by molar-refractivity contribution is 5.86. The standard InChI is InChI=1S/C14H25NO4/c1-5-7-8-9-15-14(17)19-12(6-2)10-18-13(16)11(3)4/h12H,3,5-10H2,1-2,4H3,(H,15,17). The molecule has 0 aliphatic heterocycles. The van der Waals surface area contributed by atoms with Gasteiger partial charge >= 0.3 is 12.1 Å². The largest absolute Gasteiger partial charge is 0.458 e. The molecule has 1 amide bonds. The van der Waals surface area contributed by atoms with Crippen LogP contribution in [0.2, 0.25) is 0 Å². The lowest BCUT2D eigenvalue weighted by molar-refractivity contribution is -0.142.